The molecule has 1 aromatic carbocycles. The molecule has 216 valence electrons. The van der Waals surface area contributed by atoms with Crippen LogP contribution in [0.4, 0.5) is 23.4 Å². The van der Waals surface area contributed by atoms with Gasteiger partial charge in [0.1, 0.15) is 11.6 Å². The number of aromatic nitrogens is 3. The maximum absolute atomic E-state index is 13.9. The molecule has 3 aromatic rings. The summed E-state index contributed by atoms with van der Waals surface area (Å²) in [5.74, 6) is -0.648. The highest BCUT2D eigenvalue weighted by Gasteiger charge is 2.38. The Kier molecular flexibility index (Phi) is 8.86. The van der Waals surface area contributed by atoms with E-state index < -0.39 is 29.0 Å². The molecular weight excluding hydrogens is 558 g/mol. The predicted octanol–water partition coefficient (Wildman–Crippen LogP) is 5.38. The van der Waals surface area contributed by atoms with Crippen LogP contribution in [-0.4, -0.2) is 63.0 Å². The van der Waals surface area contributed by atoms with Crippen LogP contribution in [-0.2, 0) is 23.8 Å². The first-order valence-electron chi connectivity index (χ1n) is 13.5. The lowest BCUT2D eigenvalue weighted by Gasteiger charge is -2.35. The van der Waals surface area contributed by atoms with Gasteiger partial charge >= 0.3 is 6.18 Å². The van der Waals surface area contributed by atoms with Crippen LogP contribution >= 0.6 is 11.8 Å². The third-order valence-corrected chi connectivity index (χ3v) is 8.55. The zero-order chi connectivity index (χ0) is 29.0. The lowest BCUT2D eigenvalue weighted by atomic mass is 10.0. The second-order valence-electron chi connectivity index (χ2n) is 10.2. The van der Waals surface area contributed by atoms with E-state index >= 15 is 0 Å². The van der Waals surface area contributed by atoms with Gasteiger partial charge < -0.3 is 9.80 Å². The number of amides is 1. The number of carbonyl (C=O) groups excluding carboxylic acids is 2. The summed E-state index contributed by atoms with van der Waals surface area (Å²) < 4.78 is 55.3. The Bertz CT molecular complexity index is 1390. The molecule has 0 bridgehead atoms. The first-order valence-corrected chi connectivity index (χ1v) is 14.4. The molecule has 1 aliphatic heterocycles. The summed E-state index contributed by atoms with van der Waals surface area (Å²) >= 11 is 1.24. The number of hydrogen-bond acceptors (Lipinski definition) is 7. The molecule has 2 aliphatic rings. The minimum absolute atomic E-state index is 0.00315. The lowest BCUT2D eigenvalue weighted by Crippen LogP contribution is -2.49. The standard InChI is InChI=1S/C29H29F4N5O2S/c30-23-8-4-1-5-20(23)16-26(40)38-13-11-37(12-14-38)25-10-9-19(17-34-25)15-24(39)22-18-35-28(36-27(22)29(31,32)33)41-21-6-2-3-7-21/h1,4-5,8-10,17-18,21H,2-3,6-7,11-16H2. The number of rotatable bonds is 8. The Morgan fingerprint density at radius 3 is 2.32 bits per heavy atom. The molecule has 1 aliphatic carbocycles. The van der Waals surface area contributed by atoms with Crippen molar-refractivity contribution >= 4 is 29.3 Å². The fraction of sp³-hybridized carbons (Fsp3) is 0.414. The summed E-state index contributed by atoms with van der Waals surface area (Å²) in [7, 11) is 0. The van der Waals surface area contributed by atoms with Gasteiger partial charge in [-0.25, -0.2) is 19.3 Å². The van der Waals surface area contributed by atoms with Crippen LogP contribution in [0.2, 0.25) is 0 Å². The number of halogens is 4. The van der Waals surface area contributed by atoms with Gasteiger partial charge in [0.15, 0.2) is 16.6 Å². The number of ketones is 1. The predicted molar refractivity (Wildman–Crippen MR) is 146 cm³/mol. The summed E-state index contributed by atoms with van der Waals surface area (Å²) in [4.78, 5) is 41.4. The van der Waals surface area contributed by atoms with Gasteiger partial charge in [0.25, 0.3) is 0 Å². The molecule has 0 N–H and O–H groups in total. The monoisotopic (exact) mass is 587 g/mol. The van der Waals surface area contributed by atoms with Crippen molar-refractivity contribution in [2.75, 3.05) is 31.1 Å². The van der Waals surface area contributed by atoms with E-state index in [9.17, 15) is 27.2 Å². The maximum atomic E-state index is 13.9. The first-order chi connectivity index (χ1) is 19.7. The topological polar surface area (TPSA) is 79.3 Å². The number of thioether (sulfide) groups is 1. The van der Waals surface area contributed by atoms with Gasteiger partial charge in [0.05, 0.1) is 12.0 Å². The third kappa shape index (κ3) is 7.22. The number of pyridine rings is 1. The van der Waals surface area contributed by atoms with Crippen molar-refractivity contribution in [3.63, 3.8) is 0 Å². The third-order valence-electron chi connectivity index (χ3n) is 7.34. The largest absolute Gasteiger partial charge is 0.434 e. The number of carbonyl (C=O) groups is 2. The molecule has 1 saturated carbocycles. The molecule has 1 saturated heterocycles. The van der Waals surface area contributed by atoms with Crippen LogP contribution in [0.1, 0.15) is 52.9 Å². The van der Waals surface area contributed by atoms with Crippen molar-refractivity contribution in [3.05, 3.63) is 77.0 Å². The number of piperazine rings is 1. The highest BCUT2D eigenvalue weighted by Crippen LogP contribution is 2.36. The van der Waals surface area contributed by atoms with Crippen molar-refractivity contribution in [1.29, 1.82) is 0 Å². The Labute approximate surface area is 239 Å². The van der Waals surface area contributed by atoms with E-state index in [0.29, 0.717) is 43.1 Å². The SMILES string of the molecule is O=C(Cc1ccc(N2CCN(C(=O)Cc3ccccc3F)CC2)nc1)c1cnc(SC2CCCC2)nc1C(F)(F)F. The van der Waals surface area contributed by atoms with Crippen LogP contribution in [0.15, 0.2) is 53.9 Å². The highest BCUT2D eigenvalue weighted by molar-refractivity contribution is 7.99. The normalized spacial score (nSPS) is 16.3. The number of anilines is 1. The van der Waals surface area contributed by atoms with Crippen LogP contribution in [0.25, 0.3) is 0 Å². The zero-order valence-corrected chi connectivity index (χ0v) is 23.1. The second kappa shape index (κ2) is 12.5. The van der Waals surface area contributed by atoms with Crippen LogP contribution in [0, 0.1) is 5.82 Å². The number of nitrogens with zero attached hydrogens (tertiary/aromatic N) is 5. The van der Waals surface area contributed by atoms with Crippen molar-refractivity contribution in [1.82, 2.24) is 19.9 Å². The molecule has 12 heteroatoms. The fourth-order valence-corrected chi connectivity index (χ4v) is 6.21. The number of hydrogen-bond donors (Lipinski definition) is 0. The quantitative estimate of drug-likeness (QED) is 0.199. The maximum Gasteiger partial charge on any atom is 0.434 e. The second-order valence-corrected chi connectivity index (χ2v) is 11.5. The Hall–Kier alpha value is -3.54. The fourth-order valence-electron chi connectivity index (χ4n) is 5.09. The summed E-state index contributed by atoms with van der Waals surface area (Å²) in [6.07, 6.45) is 1.33. The average Bonchev–Trinajstić information content (AvgIpc) is 3.47. The molecule has 0 unspecified atom stereocenters. The van der Waals surface area contributed by atoms with E-state index in [1.165, 1.54) is 24.0 Å². The molecule has 0 spiro atoms. The smallest absolute Gasteiger partial charge is 0.353 e. The van der Waals surface area contributed by atoms with Crippen molar-refractivity contribution in [2.24, 2.45) is 0 Å². The van der Waals surface area contributed by atoms with Gasteiger partial charge in [-0.2, -0.15) is 13.2 Å². The van der Waals surface area contributed by atoms with E-state index in [0.717, 1.165) is 31.9 Å². The van der Waals surface area contributed by atoms with E-state index in [-0.39, 0.29) is 29.2 Å². The molecule has 0 atom stereocenters. The Morgan fingerprint density at radius 2 is 1.66 bits per heavy atom. The van der Waals surface area contributed by atoms with Gasteiger partial charge in [-0.3, -0.25) is 9.59 Å². The van der Waals surface area contributed by atoms with Gasteiger partial charge in [-0.1, -0.05) is 48.9 Å². The molecule has 41 heavy (non-hydrogen) atoms. The molecule has 2 aromatic heterocycles. The van der Waals surface area contributed by atoms with Gasteiger partial charge in [0.2, 0.25) is 5.91 Å². The number of alkyl halides is 3. The van der Waals surface area contributed by atoms with Crippen LogP contribution in [0.5, 0.6) is 0 Å². The van der Waals surface area contributed by atoms with E-state index in [1.54, 1.807) is 35.2 Å². The Balaban J connectivity index is 1.18. The number of benzene rings is 1. The molecule has 2 fully saturated rings. The van der Waals surface area contributed by atoms with Crippen LogP contribution in [0.3, 0.4) is 0 Å². The molecule has 7 nitrogen and oxygen atoms in total. The van der Waals surface area contributed by atoms with Gasteiger partial charge in [-0.05, 0) is 36.1 Å². The van der Waals surface area contributed by atoms with Crippen molar-refractivity contribution < 1.29 is 27.2 Å². The summed E-state index contributed by atoms with van der Waals surface area (Å²) in [6.45, 7) is 1.94. The summed E-state index contributed by atoms with van der Waals surface area (Å²) in [6, 6.07) is 9.58. The molecule has 0 radical (unpaired) electrons. The average molecular weight is 588 g/mol. The lowest BCUT2D eigenvalue weighted by molar-refractivity contribution is -0.142. The molecule has 1 amide bonds. The molecular formula is C29H29F4N5O2S. The van der Waals surface area contributed by atoms with Gasteiger partial charge in [0, 0.05) is 50.2 Å². The highest BCUT2D eigenvalue weighted by atomic mass is 32.2. The van der Waals surface area contributed by atoms with E-state index in [2.05, 4.69) is 15.0 Å². The molecule has 5 rings (SSSR count). The summed E-state index contributed by atoms with van der Waals surface area (Å²) in [5, 5.41) is 0.241. The van der Waals surface area contributed by atoms with Crippen LogP contribution < -0.4 is 4.90 Å². The van der Waals surface area contributed by atoms with Crippen molar-refractivity contribution in [3.8, 4) is 0 Å². The minimum Gasteiger partial charge on any atom is -0.353 e. The van der Waals surface area contributed by atoms with E-state index in [4.69, 9.17) is 0 Å². The minimum atomic E-state index is -4.78. The van der Waals surface area contributed by atoms with Crippen molar-refractivity contribution in [2.45, 2.75) is 55.1 Å². The number of Topliss-reactive ketones (excluding diaryl/α,β-unsaturated/α-hetero) is 1. The Morgan fingerprint density at radius 1 is 0.927 bits per heavy atom. The summed E-state index contributed by atoms with van der Waals surface area (Å²) in [5.41, 5.74) is -0.923. The van der Waals surface area contributed by atoms with Gasteiger partial charge in [-0.15, -0.1) is 0 Å². The van der Waals surface area contributed by atoms with E-state index in [1.807, 2.05) is 4.90 Å². The zero-order valence-electron chi connectivity index (χ0n) is 22.2. The molecule has 3 heterocycles. The first kappa shape index (κ1) is 29.0.